The Hall–Kier alpha value is -3.27. The van der Waals surface area contributed by atoms with Crippen molar-refractivity contribution >= 4 is 27.5 Å². The van der Waals surface area contributed by atoms with Crippen LogP contribution in [0.25, 0.3) is 0 Å². The van der Waals surface area contributed by atoms with Crippen molar-refractivity contribution in [3.8, 4) is 11.5 Å². The molecule has 0 aliphatic rings. The Morgan fingerprint density at radius 1 is 1.06 bits per heavy atom. The molecule has 0 unspecified atom stereocenters. The maximum atomic E-state index is 13.6. The van der Waals surface area contributed by atoms with Crippen LogP contribution in [0.2, 0.25) is 0 Å². The average molecular weight is 506 g/mol. The number of carbonyl (C=O) groups is 2. The van der Waals surface area contributed by atoms with Gasteiger partial charge in [0.05, 0.1) is 26.2 Å². The third kappa shape index (κ3) is 7.88. The molecule has 0 bridgehead atoms. The number of para-hydroxylation sites is 2. The molecule has 0 radical (unpaired) electrons. The zero-order valence-electron chi connectivity index (χ0n) is 21.0. The lowest BCUT2D eigenvalue weighted by Gasteiger charge is -2.32. The predicted octanol–water partition coefficient (Wildman–Crippen LogP) is 2.80. The minimum Gasteiger partial charge on any atom is -0.497 e. The van der Waals surface area contributed by atoms with Gasteiger partial charge >= 0.3 is 0 Å². The number of anilines is 1. The Morgan fingerprint density at radius 2 is 1.77 bits per heavy atom. The number of ether oxygens (including phenoxy) is 2. The smallest absolute Gasteiger partial charge is 0.244 e. The Balaban J connectivity index is 2.40. The largest absolute Gasteiger partial charge is 0.497 e. The number of methoxy groups -OCH3 is 2. The number of carbonyl (C=O) groups excluding carboxylic acids is 2. The highest BCUT2D eigenvalue weighted by atomic mass is 32.2. The lowest BCUT2D eigenvalue weighted by molar-refractivity contribution is -0.139. The minimum absolute atomic E-state index is 0.0991. The van der Waals surface area contributed by atoms with Crippen molar-refractivity contribution < 1.29 is 27.5 Å². The number of amides is 2. The van der Waals surface area contributed by atoms with Crippen molar-refractivity contribution in [2.24, 2.45) is 0 Å². The van der Waals surface area contributed by atoms with Gasteiger partial charge in [0.15, 0.2) is 0 Å². The van der Waals surface area contributed by atoms with Crippen LogP contribution in [0.15, 0.2) is 48.5 Å². The van der Waals surface area contributed by atoms with Crippen LogP contribution in [0, 0.1) is 0 Å². The number of nitrogens with one attached hydrogen (secondary N) is 1. The summed E-state index contributed by atoms with van der Waals surface area (Å²) in [5.41, 5.74) is 0.987. The second-order valence-corrected chi connectivity index (χ2v) is 10.0. The lowest BCUT2D eigenvalue weighted by atomic mass is 10.1. The summed E-state index contributed by atoms with van der Waals surface area (Å²) < 4.78 is 37.0. The summed E-state index contributed by atoms with van der Waals surface area (Å²) in [6.07, 6.45) is 2.77. The van der Waals surface area contributed by atoms with Gasteiger partial charge in [-0.1, -0.05) is 37.6 Å². The molecule has 9 nitrogen and oxygen atoms in total. The van der Waals surface area contributed by atoms with Crippen LogP contribution in [-0.4, -0.2) is 64.7 Å². The number of rotatable bonds is 13. The molecule has 2 amide bonds. The molecule has 0 aliphatic heterocycles. The quantitative estimate of drug-likeness (QED) is 0.420. The average Bonchev–Trinajstić information content (AvgIpc) is 2.84. The Kier molecular flexibility index (Phi) is 10.4. The van der Waals surface area contributed by atoms with E-state index in [9.17, 15) is 18.0 Å². The maximum Gasteiger partial charge on any atom is 0.244 e. The molecule has 0 aromatic heterocycles. The molecular formula is C25H35N3O6S. The molecule has 0 spiro atoms. The third-order valence-corrected chi connectivity index (χ3v) is 6.64. The van der Waals surface area contributed by atoms with E-state index in [4.69, 9.17) is 9.47 Å². The second kappa shape index (κ2) is 13.0. The molecule has 35 heavy (non-hydrogen) atoms. The van der Waals surface area contributed by atoms with Gasteiger partial charge in [-0.2, -0.15) is 0 Å². The Morgan fingerprint density at radius 3 is 2.40 bits per heavy atom. The monoisotopic (exact) mass is 505 g/mol. The van der Waals surface area contributed by atoms with Crippen molar-refractivity contribution in [3.63, 3.8) is 0 Å². The fraction of sp³-hybridized carbons (Fsp3) is 0.440. The molecule has 0 fully saturated rings. The summed E-state index contributed by atoms with van der Waals surface area (Å²) in [7, 11) is -0.867. The first-order valence-electron chi connectivity index (χ1n) is 11.4. The first-order chi connectivity index (χ1) is 16.6. The molecular weight excluding hydrogens is 470 g/mol. The molecule has 10 heteroatoms. The van der Waals surface area contributed by atoms with E-state index >= 15 is 0 Å². The predicted molar refractivity (Wildman–Crippen MR) is 136 cm³/mol. The van der Waals surface area contributed by atoms with Crippen LogP contribution in [0.3, 0.4) is 0 Å². The third-order valence-electron chi connectivity index (χ3n) is 5.52. The highest BCUT2D eigenvalue weighted by molar-refractivity contribution is 7.92. The SMILES string of the molecule is CCCCNC(=O)[C@@H](C)N(Cc1cccc(OC)c1)C(=O)CN(c1ccccc1OC)S(C)(=O)=O. The van der Waals surface area contributed by atoms with Gasteiger partial charge in [0.1, 0.15) is 24.1 Å². The highest BCUT2D eigenvalue weighted by Crippen LogP contribution is 2.29. The van der Waals surface area contributed by atoms with Gasteiger partial charge < -0.3 is 19.7 Å². The van der Waals surface area contributed by atoms with E-state index in [1.54, 1.807) is 56.5 Å². The zero-order chi connectivity index (χ0) is 26.0. The fourth-order valence-electron chi connectivity index (χ4n) is 3.52. The van der Waals surface area contributed by atoms with Gasteiger partial charge in [0, 0.05) is 13.1 Å². The van der Waals surface area contributed by atoms with E-state index in [1.165, 1.54) is 12.0 Å². The number of hydrogen-bond acceptors (Lipinski definition) is 6. The Labute approximate surface area is 208 Å². The maximum absolute atomic E-state index is 13.6. The van der Waals surface area contributed by atoms with Gasteiger partial charge in [0.25, 0.3) is 0 Å². The molecule has 2 aromatic rings. The van der Waals surface area contributed by atoms with Crippen LogP contribution in [0.5, 0.6) is 11.5 Å². The lowest BCUT2D eigenvalue weighted by Crippen LogP contribution is -2.51. The molecule has 192 valence electrons. The van der Waals surface area contributed by atoms with Crippen molar-refractivity contribution in [1.82, 2.24) is 10.2 Å². The molecule has 1 N–H and O–H groups in total. The van der Waals surface area contributed by atoms with E-state index in [2.05, 4.69) is 5.32 Å². The molecule has 0 saturated carbocycles. The first-order valence-corrected chi connectivity index (χ1v) is 13.3. The highest BCUT2D eigenvalue weighted by Gasteiger charge is 2.31. The molecule has 2 rings (SSSR count). The Bertz CT molecular complexity index is 1110. The van der Waals surface area contributed by atoms with Crippen molar-refractivity contribution in [2.45, 2.75) is 39.3 Å². The van der Waals surface area contributed by atoms with Crippen LogP contribution in [-0.2, 0) is 26.2 Å². The van der Waals surface area contributed by atoms with E-state index in [0.29, 0.717) is 18.0 Å². The minimum atomic E-state index is -3.84. The van der Waals surface area contributed by atoms with E-state index in [-0.39, 0.29) is 18.1 Å². The van der Waals surface area contributed by atoms with Gasteiger partial charge in [-0.3, -0.25) is 13.9 Å². The normalized spacial score (nSPS) is 11.9. The summed E-state index contributed by atoms with van der Waals surface area (Å²) in [5, 5.41) is 2.85. The number of nitrogens with zero attached hydrogens (tertiary/aromatic N) is 2. The summed E-state index contributed by atoms with van der Waals surface area (Å²) in [4.78, 5) is 27.8. The zero-order valence-corrected chi connectivity index (χ0v) is 21.8. The van der Waals surface area contributed by atoms with Crippen molar-refractivity contribution in [1.29, 1.82) is 0 Å². The fourth-order valence-corrected chi connectivity index (χ4v) is 4.37. The molecule has 0 aliphatic carbocycles. The van der Waals surface area contributed by atoms with Crippen molar-refractivity contribution in [3.05, 3.63) is 54.1 Å². The molecule has 1 atom stereocenters. The summed E-state index contributed by atoms with van der Waals surface area (Å²) in [6, 6.07) is 12.9. The van der Waals surface area contributed by atoms with Crippen LogP contribution in [0.1, 0.15) is 32.3 Å². The molecule has 2 aromatic carbocycles. The van der Waals surface area contributed by atoms with E-state index in [0.717, 1.165) is 29.0 Å². The van der Waals surface area contributed by atoms with Gasteiger partial charge in [-0.05, 0) is 43.2 Å². The topological polar surface area (TPSA) is 105 Å². The summed E-state index contributed by atoms with van der Waals surface area (Å²) in [6.45, 7) is 3.76. The van der Waals surface area contributed by atoms with Crippen LogP contribution < -0.4 is 19.1 Å². The summed E-state index contributed by atoms with van der Waals surface area (Å²) >= 11 is 0. The molecule has 0 saturated heterocycles. The van der Waals surface area contributed by atoms with E-state index in [1.807, 2.05) is 13.0 Å². The summed E-state index contributed by atoms with van der Waals surface area (Å²) in [5.74, 6) is 0.0948. The number of sulfonamides is 1. The standard InChI is InChI=1S/C25H35N3O6S/c1-6-7-15-26-25(30)19(2)27(17-20-11-10-12-21(16-20)33-3)24(29)18-28(35(5,31)32)22-13-8-9-14-23(22)34-4/h8-14,16,19H,6-7,15,17-18H2,1-5H3,(H,26,30)/t19-/m1/s1. The van der Waals surface area contributed by atoms with Gasteiger partial charge in [-0.15, -0.1) is 0 Å². The molecule has 0 heterocycles. The number of unbranched alkanes of at least 4 members (excludes halogenated alkanes) is 1. The van der Waals surface area contributed by atoms with Gasteiger partial charge in [0.2, 0.25) is 21.8 Å². The number of hydrogen-bond donors (Lipinski definition) is 1. The van der Waals surface area contributed by atoms with E-state index < -0.39 is 28.5 Å². The van der Waals surface area contributed by atoms with Crippen molar-refractivity contribution in [2.75, 3.05) is 37.9 Å². The van der Waals surface area contributed by atoms with Gasteiger partial charge in [-0.25, -0.2) is 8.42 Å². The van der Waals surface area contributed by atoms with Crippen LogP contribution in [0.4, 0.5) is 5.69 Å². The number of benzene rings is 2. The first kappa shape index (κ1) is 28.0. The van der Waals surface area contributed by atoms with Crippen LogP contribution >= 0.6 is 0 Å². The second-order valence-electron chi connectivity index (χ2n) is 8.14.